The van der Waals surface area contributed by atoms with Gasteiger partial charge in [0.2, 0.25) is 5.91 Å². The zero-order chi connectivity index (χ0) is 10.0. The third kappa shape index (κ3) is 3.26. The van der Waals surface area contributed by atoms with Gasteiger partial charge in [-0.15, -0.1) is 12.4 Å². The van der Waals surface area contributed by atoms with Gasteiger partial charge in [-0.05, 0) is 38.5 Å². The van der Waals surface area contributed by atoms with Crippen molar-refractivity contribution in [3.8, 4) is 0 Å². The lowest BCUT2D eigenvalue weighted by molar-refractivity contribution is -0.124. The Morgan fingerprint density at radius 3 is 2.87 bits per heavy atom. The number of rotatable bonds is 3. The third-order valence-corrected chi connectivity index (χ3v) is 4.62. The van der Waals surface area contributed by atoms with Crippen LogP contribution in [0.1, 0.15) is 26.2 Å². The number of thioether (sulfide) groups is 1. The SMILES string of the molecule is CC1(CNC(=O)[C@H]2CCN2)CCCS1.Cl. The summed E-state index contributed by atoms with van der Waals surface area (Å²) in [5.41, 5.74) is 0. The van der Waals surface area contributed by atoms with E-state index < -0.39 is 0 Å². The average Bonchev–Trinajstić information content (AvgIpc) is 2.47. The standard InChI is InChI=1S/C10H18N2OS.ClH/c1-10(4-2-6-14-10)7-12-9(13)8-3-5-11-8;/h8,11H,2-7H2,1H3,(H,12,13);1H/t8-,10?;/m1./s1. The second kappa shape index (κ2) is 5.41. The van der Waals surface area contributed by atoms with Crippen molar-refractivity contribution < 1.29 is 4.79 Å². The Morgan fingerprint density at radius 2 is 2.40 bits per heavy atom. The van der Waals surface area contributed by atoms with E-state index in [1.165, 1.54) is 18.6 Å². The maximum Gasteiger partial charge on any atom is 0.237 e. The molecule has 2 heterocycles. The van der Waals surface area contributed by atoms with Crippen LogP contribution >= 0.6 is 24.2 Å². The topological polar surface area (TPSA) is 41.1 Å². The lowest BCUT2D eigenvalue weighted by Gasteiger charge is -2.29. The van der Waals surface area contributed by atoms with Crippen LogP contribution in [-0.2, 0) is 4.79 Å². The molecular formula is C10H19ClN2OS. The molecule has 88 valence electrons. The molecule has 0 aliphatic carbocycles. The van der Waals surface area contributed by atoms with E-state index in [9.17, 15) is 4.79 Å². The van der Waals surface area contributed by atoms with E-state index in [0.29, 0.717) is 4.75 Å². The zero-order valence-electron chi connectivity index (χ0n) is 9.04. The van der Waals surface area contributed by atoms with Crippen LogP contribution in [0.3, 0.4) is 0 Å². The molecule has 0 saturated carbocycles. The van der Waals surface area contributed by atoms with Crippen LogP contribution in [0.15, 0.2) is 0 Å². The van der Waals surface area contributed by atoms with Crippen LogP contribution in [0, 0.1) is 0 Å². The first-order valence-corrected chi connectivity index (χ1v) is 6.33. The van der Waals surface area contributed by atoms with Crippen molar-refractivity contribution in [1.82, 2.24) is 10.6 Å². The van der Waals surface area contributed by atoms with Crippen LogP contribution < -0.4 is 10.6 Å². The predicted molar refractivity (Wildman–Crippen MR) is 66.8 cm³/mol. The minimum atomic E-state index is 0. The number of nitrogens with one attached hydrogen (secondary N) is 2. The summed E-state index contributed by atoms with van der Waals surface area (Å²) in [4.78, 5) is 11.5. The summed E-state index contributed by atoms with van der Waals surface area (Å²) in [6.07, 6.45) is 3.52. The van der Waals surface area contributed by atoms with Gasteiger partial charge in [0, 0.05) is 11.3 Å². The third-order valence-electron chi connectivity index (χ3n) is 3.08. The fourth-order valence-corrected chi connectivity index (χ4v) is 3.13. The molecule has 5 heteroatoms. The molecule has 1 amide bonds. The van der Waals surface area contributed by atoms with Crippen LogP contribution in [0.5, 0.6) is 0 Å². The second-order valence-electron chi connectivity index (χ2n) is 4.42. The highest BCUT2D eigenvalue weighted by Gasteiger charge is 2.31. The molecule has 2 N–H and O–H groups in total. The molecule has 0 spiro atoms. The maximum atomic E-state index is 11.5. The van der Waals surface area contributed by atoms with Crippen molar-refractivity contribution in [2.75, 3.05) is 18.8 Å². The number of halogens is 1. The summed E-state index contributed by atoms with van der Waals surface area (Å²) in [5.74, 6) is 1.43. The first kappa shape index (κ1) is 13.1. The van der Waals surface area contributed by atoms with Crippen molar-refractivity contribution in [3.63, 3.8) is 0 Å². The van der Waals surface area contributed by atoms with Crippen molar-refractivity contribution in [3.05, 3.63) is 0 Å². The number of hydrogen-bond donors (Lipinski definition) is 2. The molecule has 0 aromatic carbocycles. The molecule has 0 aromatic rings. The maximum absolute atomic E-state index is 11.5. The Labute approximate surface area is 102 Å². The molecule has 0 bridgehead atoms. The Balaban J connectivity index is 0.00000112. The van der Waals surface area contributed by atoms with Crippen LogP contribution in [0.4, 0.5) is 0 Å². The largest absolute Gasteiger partial charge is 0.353 e. The van der Waals surface area contributed by atoms with Gasteiger partial charge in [0.05, 0.1) is 6.04 Å². The van der Waals surface area contributed by atoms with Crippen molar-refractivity contribution >= 4 is 30.1 Å². The summed E-state index contributed by atoms with van der Waals surface area (Å²) < 4.78 is 0.291. The van der Waals surface area contributed by atoms with Gasteiger partial charge in [-0.25, -0.2) is 0 Å². The molecule has 0 radical (unpaired) electrons. The fraction of sp³-hybridized carbons (Fsp3) is 0.900. The zero-order valence-corrected chi connectivity index (χ0v) is 10.7. The Bertz CT molecular complexity index is 227. The monoisotopic (exact) mass is 250 g/mol. The average molecular weight is 251 g/mol. The predicted octanol–water partition coefficient (Wildman–Crippen LogP) is 1.17. The highest BCUT2D eigenvalue weighted by molar-refractivity contribution is 8.00. The summed E-state index contributed by atoms with van der Waals surface area (Å²) in [5, 5.41) is 6.16. The molecule has 2 aliphatic rings. The van der Waals surface area contributed by atoms with Gasteiger partial charge in [-0.3, -0.25) is 4.79 Å². The van der Waals surface area contributed by atoms with Crippen LogP contribution in [-0.4, -0.2) is 35.5 Å². The van der Waals surface area contributed by atoms with E-state index >= 15 is 0 Å². The van der Waals surface area contributed by atoms with Gasteiger partial charge in [0.25, 0.3) is 0 Å². The van der Waals surface area contributed by atoms with Crippen molar-refractivity contribution in [2.24, 2.45) is 0 Å². The molecule has 2 saturated heterocycles. The second-order valence-corrected chi connectivity index (χ2v) is 6.10. The van der Waals surface area contributed by atoms with Gasteiger partial charge in [-0.2, -0.15) is 11.8 Å². The van der Waals surface area contributed by atoms with Crippen molar-refractivity contribution in [2.45, 2.75) is 37.0 Å². The van der Waals surface area contributed by atoms with Gasteiger partial charge >= 0.3 is 0 Å². The molecular weight excluding hydrogens is 232 g/mol. The first-order valence-electron chi connectivity index (χ1n) is 5.35. The number of carbonyl (C=O) groups is 1. The Morgan fingerprint density at radius 1 is 1.67 bits per heavy atom. The smallest absolute Gasteiger partial charge is 0.237 e. The van der Waals surface area contributed by atoms with Crippen molar-refractivity contribution in [1.29, 1.82) is 0 Å². The molecule has 3 nitrogen and oxygen atoms in total. The Hall–Kier alpha value is 0.0700. The highest BCUT2D eigenvalue weighted by Crippen LogP contribution is 2.36. The molecule has 2 fully saturated rings. The first-order chi connectivity index (χ1) is 6.70. The molecule has 2 rings (SSSR count). The van der Waals surface area contributed by atoms with Crippen LogP contribution in [0.2, 0.25) is 0 Å². The van der Waals surface area contributed by atoms with Gasteiger partial charge in [0.15, 0.2) is 0 Å². The normalized spacial score (nSPS) is 34.1. The minimum absolute atomic E-state index is 0. The molecule has 15 heavy (non-hydrogen) atoms. The summed E-state index contributed by atoms with van der Waals surface area (Å²) in [6, 6.07) is 0.0880. The molecule has 2 atom stereocenters. The van der Waals surface area contributed by atoms with Crippen LogP contribution in [0.25, 0.3) is 0 Å². The summed E-state index contributed by atoms with van der Waals surface area (Å²) in [7, 11) is 0. The number of hydrogen-bond acceptors (Lipinski definition) is 3. The van der Waals surface area contributed by atoms with E-state index in [4.69, 9.17) is 0 Å². The molecule has 0 aromatic heterocycles. The quantitative estimate of drug-likeness (QED) is 0.790. The van der Waals surface area contributed by atoms with E-state index in [1.54, 1.807) is 0 Å². The van der Waals surface area contributed by atoms with E-state index in [0.717, 1.165) is 19.5 Å². The van der Waals surface area contributed by atoms with E-state index in [2.05, 4.69) is 17.6 Å². The summed E-state index contributed by atoms with van der Waals surface area (Å²) in [6.45, 7) is 4.07. The lowest BCUT2D eigenvalue weighted by Crippen LogP contribution is -2.54. The van der Waals surface area contributed by atoms with Gasteiger partial charge < -0.3 is 10.6 Å². The minimum Gasteiger partial charge on any atom is -0.353 e. The number of carbonyl (C=O) groups excluding carboxylic acids is 1. The summed E-state index contributed by atoms with van der Waals surface area (Å²) >= 11 is 1.99. The van der Waals surface area contributed by atoms with Gasteiger partial charge in [0.1, 0.15) is 0 Å². The lowest BCUT2D eigenvalue weighted by atomic mass is 10.0. The molecule has 2 aliphatic heterocycles. The highest BCUT2D eigenvalue weighted by atomic mass is 35.5. The van der Waals surface area contributed by atoms with E-state index in [-0.39, 0.29) is 24.4 Å². The van der Waals surface area contributed by atoms with Gasteiger partial charge in [-0.1, -0.05) is 0 Å². The number of amides is 1. The fourth-order valence-electron chi connectivity index (χ4n) is 1.89. The van der Waals surface area contributed by atoms with E-state index in [1.807, 2.05) is 11.8 Å². The molecule has 1 unspecified atom stereocenters. The Kier molecular flexibility index (Phi) is 4.74.